The molecule has 0 spiro atoms. The summed E-state index contributed by atoms with van der Waals surface area (Å²) in [6.07, 6.45) is 2.40. The predicted octanol–water partition coefficient (Wildman–Crippen LogP) is 3.88. The minimum absolute atomic E-state index is 0.563. The van der Waals surface area contributed by atoms with Gasteiger partial charge in [0.15, 0.2) is 0 Å². The average molecular weight is 219 g/mol. The van der Waals surface area contributed by atoms with Crippen molar-refractivity contribution < 1.29 is 0 Å². The summed E-state index contributed by atoms with van der Waals surface area (Å²) in [4.78, 5) is 0. The molecule has 1 aromatic carbocycles. The van der Waals surface area contributed by atoms with Gasteiger partial charge in [-0.25, -0.2) is 0 Å². The highest BCUT2D eigenvalue weighted by atomic mass is 14.9. The van der Waals surface area contributed by atoms with Crippen LogP contribution in [0.4, 0.5) is 0 Å². The van der Waals surface area contributed by atoms with Gasteiger partial charge in [-0.3, -0.25) is 0 Å². The van der Waals surface area contributed by atoms with E-state index in [2.05, 4.69) is 57.3 Å². The molecule has 16 heavy (non-hydrogen) atoms. The zero-order valence-corrected chi connectivity index (χ0v) is 11.1. The minimum Gasteiger partial charge on any atom is -0.314 e. The second kappa shape index (κ2) is 6.70. The highest BCUT2D eigenvalue weighted by Crippen LogP contribution is 2.23. The molecular formula is C15H25N. The van der Waals surface area contributed by atoms with Crippen molar-refractivity contribution in [1.82, 2.24) is 5.32 Å². The lowest BCUT2D eigenvalue weighted by atomic mass is 9.89. The first kappa shape index (κ1) is 13.2. The van der Waals surface area contributed by atoms with Crippen LogP contribution in [0.25, 0.3) is 0 Å². The van der Waals surface area contributed by atoms with Gasteiger partial charge in [0, 0.05) is 6.04 Å². The summed E-state index contributed by atoms with van der Waals surface area (Å²) in [7, 11) is 0. The molecule has 2 unspecified atom stereocenters. The summed E-state index contributed by atoms with van der Waals surface area (Å²) in [5.74, 6) is 0.632. The third-order valence-electron chi connectivity index (χ3n) is 3.27. The Morgan fingerprint density at radius 2 is 1.75 bits per heavy atom. The molecule has 1 nitrogen and oxygen atoms in total. The van der Waals surface area contributed by atoms with Gasteiger partial charge in [-0.15, -0.1) is 0 Å². The third kappa shape index (κ3) is 3.64. The van der Waals surface area contributed by atoms with Crippen LogP contribution in [-0.2, 0) is 0 Å². The van der Waals surface area contributed by atoms with Crippen LogP contribution in [0.2, 0.25) is 0 Å². The van der Waals surface area contributed by atoms with Crippen molar-refractivity contribution in [2.24, 2.45) is 0 Å². The molecule has 0 heterocycles. The third-order valence-corrected chi connectivity index (χ3v) is 3.27. The van der Waals surface area contributed by atoms with Crippen LogP contribution in [0.1, 0.15) is 50.7 Å². The van der Waals surface area contributed by atoms with Gasteiger partial charge in [0.2, 0.25) is 0 Å². The largest absolute Gasteiger partial charge is 0.314 e. The molecule has 0 fully saturated rings. The molecule has 1 rings (SSSR count). The number of rotatable bonds is 6. The maximum absolute atomic E-state index is 3.60. The summed E-state index contributed by atoms with van der Waals surface area (Å²) in [5.41, 5.74) is 2.80. The van der Waals surface area contributed by atoms with Gasteiger partial charge in [0.1, 0.15) is 0 Å². The maximum atomic E-state index is 3.60. The number of nitrogens with one attached hydrogen (secondary N) is 1. The number of aryl methyl sites for hydroxylation is 1. The fraction of sp³-hybridized carbons (Fsp3) is 0.600. The number of hydrogen-bond acceptors (Lipinski definition) is 1. The second-order valence-electron chi connectivity index (χ2n) is 4.67. The summed E-state index contributed by atoms with van der Waals surface area (Å²) in [5, 5.41) is 3.60. The van der Waals surface area contributed by atoms with E-state index in [4.69, 9.17) is 0 Å². The molecule has 0 amide bonds. The van der Waals surface area contributed by atoms with E-state index in [1.54, 1.807) is 0 Å². The van der Waals surface area contributed by atoms with Crippen molar-refractivity contribution in [3.05, 3.63) is 35.4 Å². The van der Waals surface area contributed by atoms with Crippen LogP contribution in [0, 0.1) is 6.92 Å². The van der Waals surface area contributed by atoms with Crippen LogP contribution in [-0.4, -0.2) is 12.6 Å². The van der Waals surface area contributed by atoms with Gasteiger partial charge in [-0.2, -0.15) is 0 Å². The summed E-state index contributed by atoms with van der Waals surface area (Å²) in [6, 6.07) is 9.53. The van der Waals surface area contributed by atoms with E-state index < -0.39 is 0 Å². The predicted molar refractivity (Wildman–Crippen MR) is 72.0 cm³/mol. The van der Waals surface area contributed by atoms with E-state index in [1.807, 2.05) is 0 Å². The van der Waals surface area contributed by atoms with E-state index in [-0.39, 0.29) is 0 Å². The van der Waals surface area contributed by atoms with Gasteiger partial charge in [-0.1, -0.05) is 43.7 Å². The number of hydrogen-bond donors (Lipinski definition) is 1. The van der Waals surface area contributed by atoms with Crippen molar-refractivity contribution >= 4 is 0 Å². The zero-order valence-electron chi connectivity index (χ0n) is 11.1. The topological polar surface area (TPSA) is 12.0 Å². The molecule has 2 atom stereocenters. The standard InChI is InChI=1S/C15H25N/c1-5-11-16-13(4)15(6-2)14-9-7-12(3)8-10-14/h7-10,13,15-16H,5-6,11H2,1-4H3. The highest BCUT2D eigenvalue weighted by molar-refractivity contribution is 5.25. The SMILES string of the molecule is CCCNC(C)C(CC)c1ccc(C)cc1. The molecule has 90 valence electrons. The quantitative estimate of drug-likeness (QED) is 0.765. The lowest BCUT2D eigenvalue weighted by molar-refractivity contribution is 0.450. The Bertz CT molecular complexity index is 289. The lowest BCUT2D eigenvalue weighted by Crippen LogP contribution is -2.32. The first-order chi connectivity index (χ1) is 7.69. The summed E-state index contributed by atoms with van der Waals surface area (Å²) in [6.45, 7) is 10.0. The van der Waals surface area contributed by atoms with Crippen LogP contribution in [0.15, 0.2) is 24.3 Å². The van der Waals surface area contributed by atoms with Crippen LogP contribution >= 0.6 is 0 Å². The normalized spacial score (nSPS) is 14.8. The monoisotopic (exact) mass is 219 g/mol. The molecule has 1 aromatic rings. The lowest BCUT2D eigenvalue weighted by Gasteiger charge is -2.24. The van der Waals surface area contributed by atoms with Crippen molar-refractivity contribution in [2.45, 2.75) is 52.5 Å². The van der Waals surface area contributed by atoms with Gasteiger partial charge in [0.05, 0.1) is 0 Å². The van der Waals surface area contributed by atoms with Crippen molar-refractivity contribution in [3.63, 3.8) is 0 Å². The second-order valence-corrected chi connectivity index (χ2v) is 4.67. The van der Waals surface area contributed by atoms with Crippen molar-refractivity contribution in [1.29, 1.82) is 0 Å². The summed E-state index contributed by atoms with van der Waals surface area (Å²) < 4.78 is 0. The Balaban J connectivity index is 2.69. The fourth-order valence-electron chi connectivity index (χ4n) is 2.21. The van der Waals surface area contributed by atoms with Gasteiger partial charge < -0.3 is 5.32 Å². The first-order valence-electron chi connectivity index (χ1n) is 6.49. The van der Waals surface area contributed by atoms with Crippen molar-refractivity contribution in [2.75, 3.05) is 6.54 Å². The molecule has 0 aromatic heterocycles. The molecule has 0 aliphatic rings. The van der Waals surface area contributed by atoms with Crippen LogP contribution in [0.5, 0.6) is 0 Å². The van der Waals surface area contributed by atoms with Crippen LogP contribution in [0.3, 0.4) is 0 Å². The highest BCUT2D eigenvalue weighted by Gasteiger charge is 2.16. The van der Waals surface area contributed by atoms with E-state index in [0.29, 0.717) is 12.0 Å². The number of benzene rings is 1. The molecule has 0 bridgehead atoms. The molecular weight excluding hydrogens is 194 g/mol. The molecule has 0 saturated carbocycles. The Labute approximate surface area is 100 Å². The van der Waals surface area contributed by atoms with E-state index in [0.717, 1.165) is 6.54 Å². The van der Waals surface area contributed by atoms with Gasteiger partial charge >= 0.3 is 0 Å². The molecule has 1 heteroatoms. The molecule has 0 saturated heterocycles. The van der Waals surface area contributed by atoms with E-state index >= 15 is 0 Å². The average Bonchev–Trinajstić information content (AvgIpc) is 2.30. The summed E-state index contributed by atoms with van der Waals surface area (Å²) >= 11 is 0. The first-order valence-corrected chi connectivity index (χ1v) is 6.49. The molecule has 0 aliphatic heterocycles. The zero-order chi connectivity index (χ0) is 12.0. The van der Waals surface area contributed by atoms with Crippen molar-refractivity contribution in [3.8, 4) is 0 Å². The van der Waals surface area contributed by atoms with E-state index in [1.165, 1.54) is 24.0 Å². The van der Waals surface area contributed by atoms with Gasteiger partial charge in [-0.05, 0) is 44.7 Å². The fourth-order valence-corrected chi connectivity index (χ4v) is 2.21. The van der Waals surface area contributed by atoms with E-state index in [9.17, 15) is 0 Å². The van der Waals surface area contributed by atoms with Crippen LogP contribution < -0.4 is 5.32 Å². The Morgan fingerprint density at radius 1 is 1.12 bits per heavy atom. The Hall–Kier alpha value is -0.820. The molecule has 0 aliphatic carbocycles. The smallest absolute Gasteiger partial charge is 0.0107 e. The van der Waals surface area contributed by atoms with Gasteiger partial charge in [0.25, 0.3) is 0 Å². The maximum Gasteiger partial charge on any atom is 0.0107 e. The Morgan fingerprint density at radius 3 is 2.25 bits per heavy atom. The Kier molecular flexibility index (Phi) is 5.54. The minimum atomic E-state index is 0.563. The molecule has 1 N–H and O–H groups in total. The molecule has 0 radical (unpaired) electrons.